The van der Waals surface area contributed by atoms with Crippen molar-refractivity contribution in [2.45, 2.75) is 37.7 Å². The quantitative estimate of drug-likeness (QED) is 0.893. The normalized spacial score (nSPS) is 21.6. The van der Waals surface area contributed by atoms with Crippen molar-refractivity contribution in [1.29, 1.82) is 0 Å². The largest absolute Gasteiger partial charge is 0.308 e. The van der Waals surface area contributed by atoms with E-state index in [1.807, 2.05) is 13.8 Å². The molecular weight excluding hydrogens is 282 g/mol. The first kappa shape index (κ1) is 14.2. The Kier molecular flexibility index (Phi) is 3.76. The van der Waals surface area contributed by atoms with Crippen LogP contribution in [-0.2, 0) is 11.2 Å². The van der Waals surface area contributed by atoms with E-state index in [-0.39, 0.29) is 16.4 Å². The fraction of sp³-hybridized carbons (Fsp3) is 0.375. The summed E-state index contributed by atoms with van der Waals surface area (Å²) in [6, 6.07) is 8.65. The van der Waals surface area contributed by atoms with Crippen LogP contribution in [0, 0.1) is 6.92 Å². The number of hydrogen-bond acceptors (Lipinski definition) is 3. The predicted octanol–water partition coefficient (Wildman–Crippen LogP) is 3.44. The number of hydrogen-bond donors (Lipinski definition) is 2. The maximum Gasteiger partial charge on any atom is 0.238 e. The molecule has 0 bridgehead atoms. The van der Waals surface area contributed by atoms with Crippen LogP contribution < -0.4 is 5.32 Å². The van der Waals surface area contributed by atoms with Crippen molar-refractivity contribution in [1.82, 2.24) is 10.2 Å². The number of amides is 1. The number of aromatic amines is 1. The molecule has 1 aromatic heterocycles. The van der Waals surface area contributed by atoms with Crippen LogP contribution in [0.15, 0.2) is 24.3 Å². The Morgan fingerprint density at radius 1 is 1.29 bits per heavy atom. The Labute approximate surface area is 128 Å². The summed E-state index contributed by atoms with van der Waals surface area (Å²) in [5, 5.41) is 10.2. The van der Waals surface area contributed by atoms with Gasteiger partial charge in [-0.25, -0.2) is 0 Å². The third-order valence-corrected chi connectivity index (χ3v) is 5.30. The molecule has 21 heavy (non-hydrogen) atoms. The van der Waals surface area contributed by atoms with E-state index < -0.39 is 0 Å². The highest BCUT2D eigenvalue weighted by molar-refractivity contribution is 8.01. The standard InChI is InChI=1S/C16H19N3OS/c1-4-11-5-7-12(8-6-11)14-13-9(2)18-19-15(13)17-16(20)10(3)21-14/h5-8,10,14H,4H2,1-3H3,(H2,17,18,19,20)/t10-,14+/m1/s1. The van der Waals surface area contributed by atoms with Crippen molar-refractivity contribution in [3.63, 3.8) is 0 Å². The molecule has 1 aliphatic heterocycles. The average molecular weight is 301 g/mol. The highest BCUT2D eigenvalue weighted by atomic mass is 32.2. The van der Waals surface area contributed by atoms with Crippen molar-refractivity contribution < 1.29 is 4.79 Å². The lowest BCUT2D eigenvalue weighted by atomic mass is 10.0. The van der Waals surface area contributed by atoms with Gasteiger partial charge in [-0.1, -0.05) is 31.2 Å². The summed E-state index contributed by atoms with van der Waals surface area (Å²) in [6.07, 6.45) is 1.03. The first-order valence-electron chi connectivity index (χ1n) is 7.20. The monoisotopic (exact) mass is 301 g/mol. The second kappa shape index (κ2) is 5.56. The molecule has 3 rings (SSSR count). The number of aryl methyl sites for hydroxylation is 2. The minimum atomic E-state index is -0.102. The lowest BCUT2D eigenvalue weighted by Crippen LogP contribution is -2.21. The van der Waals surface area contributed by atoms with E-state index in [0.717, 1.165) is 17.7 Å². The fourth-order valence-electron chi connectivity index (χ4n) is 2.58. The van der Waals surface area contributed by atoms with E-state index in [0.29, 0.717) is 5.82 Å². The molecule has 1 aliphatic rings. The molecule has 1 amide bonds. The number of anilines is 1. The fourth-order valence-corrected chi connectivity index (χ4v) is 3.91. The highest BCUT2D eigenvalue weighted by Gasteiger charge is 2.31. The van der Waals surface area contributed by atoms with Gasteiger partial charge in [0.1, 0.15) is 0 Å². The van der Waals surface area contributed by atoms with E-state index in [9.17, 15) is 4.79 Å². The van der Waals surface area contributed by atoms with Crippen LogP contribution in [0.1, 0.15) is 41.5 Å². The molecule has 0 saturated heterocycles. The van der Waals surface area contributed by atoms with Gasteiger partial charge in [0.05, 0.1) is 10.5 Å². The number of carbonyl (C=O) groups excluding carboxylic acids is 1. The zero-order valence-corrected chi connectivity index (χ0v) is 13.3. The van der Waals surface area contributed by atoms with Gasteiger partial charge in [-0.15, -0.1) is 11.8 Å². The molecule has 0 fully saturated rings. The molecule has 110 valence electrons. The number of thioether (sulfide) groups is 1. The van der Waals surface area contributed by atoms with Crippen molar-refractivity contribution in [3.8, 4) is 0 Å². The van der Waals surface area contributed by atoms with Crippen LogP contribution in [0.25, 0.3) is 0 Å². The number of H-pyrrole nitrogens is 1. The van der Waals surface area contributed by atoms with E-state index in [4.69, 9.17) is 0 Å². The molecule has 0 unspecified atom stereocenters. The molecule has 0 aliphatic carbocycles. The summed E-state index contributed by atoms with van der Waals surface area (Å²) in [6.45, 7) is 6.10. The van der Waals surface area contributed by atoms with Gasteiger partial charge in [0, 0.05) is 11.3 Å². The molecule has 0 saturated carbocycles. The lowest BCUT2D eigenvalue weighted by molar-refractivity contribution is -0.115. The number of nitrogens with one attached hydrogen (secondary N) is 2. The van der Waals surface area contributed by atoms with Crippen LogP contribution in [-0.4, -0.2) is 21.4 Å². The smallest absolute Gasteiger partial charge is 0.238 e. The zero-order valence-electron chi connectivity index (χ0n) is 12.4. The second-order valence-corrected chi connectivity index (χ2v) is 6.80. The molecule has 5 heteroatoms. The van der Waals surface area contributed by atoms with Crippen molar-refractivity contribution in [2.75, 3.05) is 5.32 Å². The topological polar surface area (TPSA) is 57.8 Å². The van der Waals surface area contributed by atoms with E-state index in [1.165, 1.54) is 11.1 Å². The van der Waals surface area contributed by atoms with Crippen LogP contribution in [0.2, 0.25) is 0 Å². The molecule has 2 N–H and O–H groups in total. The summed E-state index contributed by atoms with van der Waals surface area (Å²) in [5.74, 6) is 0.680. The first-order chi connectivity index (χ1) is 10.1. The second-order valence-electron chi connectivity index (χ2n) is 5.35. The summed E-state index contributed by atoms with van der Waals surface area (Å²) in [7, 11) is 0. The number of aromatic nitrogens is 2. The van der Waals surface area contributed by atoms with Crippen molar-refractivity contribution in [2.24, 2.45) is 0 Å². The predicted molar refractivity (Wildman–Crippen MR) is 86.7 cm³/mol. The Morgan fingerprint density at radius 3 is 2.67 bits per heavy atom. The molecule has 1 aromatic carbocycles. The van der Waals surface area contributed by atoms with Gasteiger partial charge in [-0.2, -0.15) is 5.10 Å². The third-order valence-electron chi connectivity index (χ3n) is 3.90. The molecule has 0 spiro atoms. The number of rotatable bonds is 2. The SMILES string of the molecule is CCc1ccc([C@@H]2S[C@H](C)C(=O)Nc3n[nH]c(C)c32)cc1. The Balaban J connectivity index is 2.06. The Hall–Kier alpha value is -1.75. The van der Waals surface area contributed by atoms with Crippen LogP contribution in [0.5, 0.6) is 0 Å². The molecule has 2 aromatic rings. The molecule has 0 radical (unpaired) electrons. The van der Waals surface area contributed by atoms with E-state index >= 15 is 0 Å². The van der Waals surface area contributed by atoms with Crippen LogP contribution in [0.4, 0.5) is 5.82 Å². The van der Waals surface area contributed by atoms with Gasteiger partial charge in [-0.3, -0.25) is 9.89 Å². The Bertz CT molecular complexity index is 663. The molecular formula is C16H19N3OS. The molecule has 4 nitrogen and oxygen atoms in total. The van der Waals surface area contributed by atoms with Gasteiger partial charge in [0.25, 0.3) is 0 Å². The van der Waals surface area contributed by atoms with Gasteiger partial charge < -0.3 is 5.32 Å². The van der Waals surface area contributed by atoms with E-state index in [2.05, 4.69) is 46.7 Å². The van der Waals surface area contributed by atoms with Crippen LogP contribution >= 0.6 is 11.8 Å². The lowest BCUT2D eigenvalue weighted by Gasteiger charge is -2.18. The maximum absolute atomic E-state index is 12.1. The van der Waals surface area contributed by atoms with Gasteiger partial charge >= 0.3 is 0 Å². The first-order valence-corrected chi connectivity index (χ1v) is 8.14. The molecule has 2 atom stereocenters. The Morgan fingerprint density at radius 2 is 2.00 bits per heavy atom. The maximum atomic E-state index is 12.1. The number of benzene rings is 1. The summed E-state index contributed by atoms with van der Waals surface area (Å²) < 4.78 is 0. The van der Waals surface area contributed by atoms with Gasteiger partial charge in [0.15, 0.2) is 5.82 Å². The van der Waals surface area contributed by atoms with Gasteiger partial charge in [0.2, 0.25) is 5.91 Å². The number of carbonyl (C=O) groups is 1. The third kappa shape index (κ3) is 2.58. The summed E-state index contributed by atoms with van der Waals surface area (Å²) in [5.41, 5.74) is 4.63. The van der Waals surface area contributed by atoms with Crippen LogP contribution in [0.3, 0.4) is 0 Å². The molecule has 2 heterocycles. The minimum Gasteiger partial charge on any atom is -0.308 e. The van der Waals surface area contributed by atoms with Crippen molar-refractivity contribution >= 4 is 23.5 Å². The minimum absolute atomic E-state index is 0.0143. The average Bonchev–Trinajstić information content (AvgIpc) is 2.79. The number of fused-ring (bicyclic) bond motifs is 1. The van der Waals surface area contributed by atoms with E-state index in [1.54, 1.807) is 11.8 Å². The highest BCUT2D eigenvalue weighted by Crippen LogP contribution is 2.44. The summed E-state index contributed by atoms with van der Waals surface area (Å²) in [4.78, 5) is 12.1. The summed E-state index contributed by atoms with van der Waals surface area (Å²) >= 11 is 1.67. The number of nitrogens with zero attached hydrogens (tertiary/aromatic N) is 1. The zero-order chi connectivity index (χ0) is 15.0. The van der Waals surface area contributed by atoms with Crippen molar-refractivity contribution in [3.05, 3.63) is 46.6 Å². The van der Waals surface area contributed by atoms with Gasteiger partial charge in [-0.05, 0) is 31.4 Å².